The van der Waals surface area contributed by atoms with Crippen molar-refractivity contribution < 1.29 is 25.3 Å². The number of sulfonamides is 3. The van der Waals surface area contributed by atoms with Gasteiger partial charge in [0.2, 0.25) is 30.1 Å². The topological polar surface area (TPSA) is 217 Å². The fourth-order valence-corrected chi connectivity index (χ4v) is 13.9. The lowest BCUT2D eigenvalue weighted by molar-refractivity contribution is 0.556. The number of halogens is 3. The quantitative estimate of drug-likeness (QED) is 0.0206. The molecule has 0 amide bonds. The maximum absolute atomic E-state index is 12.6. The molecule has 0 unspecified atom stereocenters. The van der Waals surface area contributed by atoms with Gasteiger partial charge in [-0.15, -0.1) is 0 Å². The highest BCUT2D eigenvalue weighted by Gasteiger charge is 2.20. The maximum atomic E-state index is 12.6. The molecule has 432 valence electrons. The summed E-state index contributed by atoms with van der Waals surface area (Å²) in [7, 11) is -10.6. The Labute approximate surface area is 482 Å². The number of nitrogens with two attached hydrogens (primary N) is 3. The number of fused-ring (bicyclic) bond motifs is 3. The van der Waals surface area contributed by atoms with Gasteiger partial charge in [-0.3, -0.25) is 0 Å². The highest BCUT2D eigenvalue weighted by Crippen LogP contribution is 2.31. The summed E-state index contributed by atoms with van der Waals surface area (Å²) in [6.45, 7) is 3.74. The van der Waals surface area contributed by atoms with Gasteiger partial charge in [0.1, 0.15) is 0 Å². The number of unbranched alkanes of at least 4 members (excludes halogenated alkanes) is 21. The molecule has 0 fully saturated rings. The molecule has 0 radical (unpaired) electrons. The summed E-state index contributed by atoms with van der Waals surface area (Å²) >= 11 is 18.5. The predicted molar refractivity (Wildman–Crippen MR) is 330 cm³/mol. The number of benzene rings is 6. The average Bonchev–Trinajstić information content (AvgIpc) is 3.43. The monoisotopic (exact) mass is 1190 g/mol. The molecule has 0 saturated heterocycles. The minimum atomic E-state index is -3.53. The van der Waals surface area contributed by atoms with E-state index in [4.69, 9.17) is 52.0 Å². The van der Waals surface area contributed by atoms with Crippen LogP contribution in [-0.2, 0) is 30.1 Å². The molecule has 0 aromatic heterocycles. The third-order valence-electron chi connectivity index (χ3n) is 13.6. The molecule has 18 heteroatoms. The molecule has 9 N–H and O–H groups in total. The summed E-state index contributed by atoms with van der Waals surface area (Å²) in [4.78, 5) is 0.868. The Bertz CT molecular complexity index is 2700. The van der Waals surface area contributed by atoms with Gasteiger partial charge < -0.3 is 17.2 Å². The van der Waals surface area contributed by atoms with E-state index < -0.39 is 30.1 Å². The fourth-order valence-electron chi connectivity index (χ4n) is 9.27. The molecule has 78 heavy (non-hydrogen) atoms. The fraction of sp³-hybridized carbons (Fsp3) is 0.500. The van der Waals surface area contributed by atoms with Crippen LogP contribution in [0.2, 0.25) is 15.1 Å². The molecule has 6 rings (SSSR count). The van der Waals surface area contributed by atoms with Crippen molar-refractivity contribution >= 4 is 97.2 Å². The second kappa shape index (κ2) is 37.6. The van der Waals surface area contributed by atoms with Gasteiger partial charge in [0.05, 0.1) is 14.7 Å². The van der Waals surface area contributed by atoms with Crippen LogP contribution in [0.25, 0.3) is 32.3 Å². The van der Waals surface area contributed by atoms with E-state index in [-0.39, 0.29) is 14.7 Å². The molecular weight excluding hydrogens is 1100 g/mol. The molecule has 12 nitrogen and oxygen atoms in total. The van der Waals surface area contributed by atoms with Crippen molar-refractivity contribution in [3.05, 3.63) is 124 Å². The first kappa shape index (κ1) is 67.1. The summed E-state index contributed by atoms with van der Waals surface area (Å²) in [5.74, 6) is 0. The summed E-state index contributed by atoms with van der Waals surface area (Å²) < 4.78 is 83.9. The Balaban J connectivity index is 0.000000252. The number of hydrogen-bond acceptors (Lipinski definition) is 9. The van der Waals surface area contributed by atoms with Crippen LogP contribution < -0.4 is 31.4 Å². The number of hydrogen-bond donors (Lipinski definition) is 6. The molecule has 0 heterocycles. The van der Waals surface area contributed by atoms with Gasteiger partial charge in [0.15, 0.2) is 0 Å². The third-order valence-corrected chi connectivity index (χ3v) is 19.2. The summed E-state index contributed by atoms with van der Waals surface area (Å²) in [6.07, 6.45) is 27.2. The summed E-state index contributed by atoms with van der Waals surface area (Å²) in [5.41, 5.74) is 16.4. The minimum Gasteiger partial charge on any atom is -0.330 e. The van der Waals surface area contributed by atoms with Crippen LogP contribution in [0.5, 0.6) is 0 Å². The molecule has 6 aromatic rings. The average molecular weight is 1190 g/mol. The molecular formula is C60H87Cl3N6O6S3. The van der Waals surface area contributed by atoms with Crippen molar-refractivity contribution in [1.29, 1.82) is 0 Å². The van der Waals surface area contributed by atoms with Gasteiger partial charge in [-0.25, -0.2) is 39.4 Å². The Kier molecular flexibility index (Phi) is 32.3. The van der Waals surface area contributed by atoms with Gasteiger partial charge in [-0.1, -0.05) is 223 Å². The zero-order chi connectivity index (χ0) is 56.5. The largest absolute Gasteiger partial charge is 0.330 e. The van der Waals surface area contributed by atoms with E-state index in [1.165, 1.54) is 77.0 Å². The Morgan fingerprint density at radius 1 is 0.269 bits per heavy atom. The Morgan fingerprint density at radius 2 is 0.462 bits per heavy atom. The molecule has 0 bridgehead atoms. The Morgan fingerprint density at radius 3 is 0.692 bits per heavy atom. The van der Waals surface area contributed by atoms with E-state index in [0.717, 1.165) is 113 Å². The molecule has 0 aliphatic heterocycles. The molecule has 0 aliphatic rings. The van der Waals surface area contributed by atoms with E-state index >= 15 is 0 Å². The third kappa shape index (κ3) is 23.6. The first-order valence-electron chi connectivity index (χ1n) is 28.3. The first-order chi connectivity index (χ1) is 37.7. The van der Waals surface area contributed by atoms with Crippen LogP contribution in [0.1, 0.15) is 154 Å². The predicted octanol–water partition coefficient (Wildman–Crippen LogP) is 14.6. The lowest BCUT2D eigenvalue weighted by Gasteiger charge is -2.10. The normalized spacial score (nSPS) is 11.9. The van der Waals surface area contributed by atoms with Gasteiger partial charge in [0.25, 0.3) is 0 Å². The van der Waals surface area contributed by atoms with Gasteiger partial charge >= 0.3 is 0 Å². The number of rotatable bonds is 36. The van der Waals surface area contributed by atoms with Crippen LogP contribution in [0.15, 0.2) is 124 Å². The van der Waals surface area contributed by atoms with Crippen molar-refractivity contribution in [3.8, 4) is 0 Å². The SMILES string of the molecule is NCCCCCCCCCCNS(=O)(=O)c1cccc2c(Cl)cccc12.NCCCCCCCCCCNS(=O)(=O)c1cccc2c(Cl)cccc12.NCCCCCCCCCCNS(=O)(=O)c1cccc2c(Cl)cccc12. The van der Waals surface area contributed by atoms with Crippen LogP contribution in [0, 0.1) is 0 Å². The molecule has 0 spiro atoms. The molecule has 6 aromatic carbocycles. The second-order valence-corrected chi connectivity index (χ2v) is 26.2. The van der Waals surface area contributed by atoms with Crippen molar-refractivity contribution in [2.45, 2.75) is 169 Å². The zero-order valence-corrected chi connectivity index (χ0v) is 50.4. The number of nitrogens with one attached hydrogen (secondary N) is 3. The molecule has 0 atom stereocenters. The lowest BCUT2D eigenvalue weighted by Crippen LogP contribution is -2.25. The zero-order valence-electron chi connectivity index (χ0n) is 45.6. The summed E-state index contributed by atoms with van der Waals surface area (Å²) in [6, 6.07) is 31.6. The first-order valence-corrected chi connectivity index (χ1v) is 33.9. The summed E-state index contributed by atoms with van der Waals surface area (Å²) in [5, 5.41) is 5.92. The standard InChI is InChI=1S/3C20H29ClN2O2S/c3*21-19-13-9-12-18-17(19)11-10-14-20(18)26(24,25)23-16-8-6-4-2-1-3-5-7-15-22/h3*9-14,23H,1-8,15-16,22H2. The van der Waals surface area contributed by atoms with Crippen LogP contribution in [0.4, 0.5) is 0 Å². The highest BCUT2D eigenvalue weighted by molar-refractivity contribution is 7.90. The van der Waals surface area contributed by atoms with Crippen molar-refractivity contribution in [3.63, 3.8) is 0 Å². The van der Waals surface area contributed by atoms with E-state index in [1.807, 2.05) is 18.2 Å². The van der Waals surface area contributed by atoms with Crippen LogP contribution >= 0.6 is 34.8 Å². The van der Waals surface area contributed by atoms with E-state index in [0.29, 0.717) is 50.9 Å². The highest BCUT2D eigenvalue weighted by atomic mass is 35.5. The van der Waals surface area contributed by atoms with Gasteiger partial charge in [-0.2, -0.15) is 0 Å². The van der Waals surface area contributed by atoms with Crippen LogP contribution in [-0.4, -0.2) is 64.5 Å². The van der Waals surface area contributed by atoms with Gasteiger partial charge in [-0.05, 0) is 94.6 Å². The van der Waals surface area contributed by atoms with E-state index in [9.17, 15) is 25.3 Å². The maximum Gasteiger partial charge on any atom is 0.241 e. The molecule has 0 aliphatic carbocycles. The minimum absolute atomic E-state index is 0.289. The van der Waals surface area contributed by atoms with Crippen molar-refractivity contribution in [2.24, 2.45) is 17.2 Å². The molecule has 0 saturated carbocycles. The lowest BCUT2D eigenvalue weighted by atomic mass is 10.1. The second-order valence-electron chi connectivity index (χ2n) is 19.8. The smallest absolute Gasteiger partial charge is 0.241 e. The van der Waals surface area contributed by atoms with E-state index in [2.05, 4.69) is 14.2 Å². The van der Waals surface area contributed by atoms with Crippen LogP contribution in [0.3, 0.4) is 0 Å². The Hall–Kier alpha value is -3.42. The van der Waals surface area contributed by atoms with Crippen molar-refractivity contribution in [1.82, 2.24) is 14.2 Å². The van der Waals surface area contributed by atoms with Crippen molar-refractivity contribution in [2.75, 3.05) is 39.3 Å². The van der Waals surface area contributed by atoms with Gasteiger partial charge in [0, 0.05) is 67.0 Å². The van der Waals surface area contributed by atoms with E-state index in [1.54, 1.807) is 91.0 Å².